The van der Waals surface area contributed by atoms with E-state index in [4.69, 9.17) is 24.0 Å². The van der Waals surface area contributed by atoms with Crippen molar-refractivity contribution in [1.29, 1.82) is 0 Å². The van der Waals surface area contributed by atoms with Gasteiger partial charge in [0.05, 0.1) is 37.7 Å². The van der Waals surface area contributed by atoms with Crippen molar-refractivity contribution in [2.45, 2.75) is 60.2 Å². The van der Waals surface area contributed by atoms with Crippen LogP contribution in [-0.2, 0) is 42.6 Å². The Bertz CT molecular complexity index is 1930. The van der Waals surface area contributed by atoms with Crippen LogP contribution in [0.2, 0.25) is 0 Å². The van der Waals surface area contributed by atoms with Gasteiger partial charge in [0, 0.05) is 78.5 Å². The number of pyridine rings is 1. The third kappa shape index (κ3) is 7.74. The zero-order valence-electron chi connectivity index (χ0n) is 32.7. The maximum Gasteiger partial charge on any atom is 0.320 e. The third-order valence-corrected chi connectivity index (χ3v) is 10.1. The highest BCUT2D eigenvalue weighted by Crippen LogP contribution is 2.58. The molecular weight excluding hydrogens is 699 g/mol. The summed E-state index contributed by atoms with van der Waals surface area (Å²) in [5.41, 5.74) is 4.96. The number of hydroxylamine groups is 2. The van der Waals surface area contributed by atoms with Crippen molar-refractivity contribution in [2.24, 2.45) is 0 Å². The molecule has 0 saturated carbocycles. The Morgan fingerprint density at radius 3 is 1.78 bits per heavy atom. The SMILES string of the molecule is CCOC(=O)CN(CC(=O)OCC)Cc1cccc(CON2C(=O)c3ccccc3C23c2ccc(N(CC)CC)cc2Oc2cc(N(CC)CC)ccc23)n1. The summed E-state index contributed by atoms with van der Waals surface area (Å²) in [7, 11) is 0. The number of amides is 1. The van der Waals surface area contributed by atoms with Crippen LogP contribution < -0.4 is 14.5 Å². The fourth-order valence-corrected chi connectivity index (χ4v) is 7.65. The molecule has 55 heavy (non-hydrogen) atoms. The van der Waals surface area contributed by atoms with Crippen LogP contribution in [0.3, 0.4) is 0 Å². The standard InChI is InChI=1S/C43H51N5O7/c1-7-46(8-2)32-20-22-36-38(24-32)55-39-25-33(47(9-3)10-4)21-23-37(39)43(36)35-19-14-13-18-34(35)42(51)48(43)54-29-31-17-15-16-30(44-31)26-45(27-40(49)52-11-5)28-41(50)53-12-6/h13-25H,7-12,26-29H2,1-6H3. The van der Waals surface area contributed by atoms with Gasteiger partial charge in [-0.05, 0) is 71.9 Å². The average molecular weight is 750 g/mol. The first-order valence-corrected chi connectivity index (χ1v) is 19.2. The lowest BCUT2D eigenvalue weighted by Gasteiger charge is -2.43. The van der Waals surface area contributed by atoms with Gasteiger partial charge in [0.15, 0.2) is 5.54 Å². The number of benzene rings is 3. The van der Waals surface area contributed by atoms with Gasteiger partial charge < -0.3 is 24.0 Å². The minimum Gasteiger partial charge on any atom is -0.465 e. The van der Waals surface area contributed by atoms with Crippen LogP contribution in [-0.4, -0.2) is 85.3 Å². The van der Waals surface area contributed by atoms with Crippen molar-refractivity contribution in [1.82, 2.24) is 14.9 Å². The minimum absolute atomic E-state index is 0.0361. The Kier molecular flexibility index (Phi) is 12.4. The highest BCUT2D eigenvalue weighted by molar-refractivity contribution is 6.01. The normalized spacial score (nSPS) is 13.6. The quantitative estimate of drug-likeness (QED) is 0.108. The fourth-order valence-electron chi connectivity index (χ4n) is 7.65. The summed E-state index contributed by atoms with van der Waals surface area (Å²) in [5.74, 6) is 0.120. The molecule has 12 heteroatoms. The Morgan fingerprint density at radius 1 is 0.691 bits per heavy atom. The van der Waals surface area contributed by atoms with Gasteiger partial charge in [-0.25, -0.2) is 0 Å². The number of esters is 2. The summed E-state index contributed by atoms with van der Waals surface area (Å²) < 4.78 is 17.1. The second-order valence-electron chi connectivity index (χ2n) is 13.3. The van der Waals surface area contributed by atoms with Gasteiger partial charge in [0.2, 0.25) is 0 Å². The molecule has 6 rings (SSSR count). The molecule has 0 fully saturated rings. The molecule has 3 aromatic carbocycles. The molecule has 0 aliphatic carbocycles. The molecule has 3 heterocycles. The maximum absolute atomic E-state index is 14.6. The average Bonchev–Trinajstić information content (AvgIpc) is 3.42. The van der Waals surface area contributed by atoms with E-state index in [1.54, 1.807) is 18.7 Å². The zero-order valence-corrected chi connectivity index (χ0v) is 32.7. The number of nitrogens with zero attached hydrogens (tertiary/aromatic N) is 5. The largest absolute Gasteiger partial charge is 0.465 e. The highest BCUT2D eigenvalue weighted by Gasteiger charge is 2.57. The zero-order chi connectivity index (χ0) is 39.1. The van der Waals surface area contributed by atoms with Crippen LogP contribution in [0.25, 0.3) is 0 Å². The van der Waals surface area contributed by atoms with Gasteiger partial charge in [-0.1, -0.05) is 36.4 Å². The summed E-state index contributed by atoms with van der Waals surface area (Å²) in [4.78, 5) is 57.1. The van der Waals surface area contributed by atoms with E-state index >= 15 is 0 Å². The highest BCUT2D eigenvalue weighted by atomic mass is 16.7. The maximum atomic E-state index is 14.6. The van der Waals surface area contributed by atoms with E-state index < -0.39 is 17.5 Å². The summed E-state index contributed by atoms with van der Waals surface area (Å²) in [6, 6.07) is 25.5. The summed E-state index contributed by atoms with van der Waals surface area (Å²) >= 11 is 0. The monoisotopic (exact) mass is 749 g/mol. The number of fused-ring (bicyclic) bond motifs is 6. The molecule has 12 nitrogen and oxygen atoms in total. The van der Waals surface area contributed by atoms with Gasteiger partial charge in [0.25, 0.3) is 5.91 Å². The van der Waals surface area contributed by atoms with E-state index in [9.17, 15) is 14.4 Å². The van der Waals surface area contributed by atoms with Crippen LogP contribution in [0.4, 0.5) is 11.4 Å². The van der Waals surface area contributed by atoms with Crippen molar-refractivity contribution in [3.8, 4) is 11.5 Å². The molecule has 1 aromatic heterocycles. The predicted octanol–water partition coefficient (Wildman–Crippen LogP) is 6.69. The molecular formula is C43H51N5O7. The lowest BCUT2D eigenvalue weighted by Crippen LogP contribution is -2.47. The predicted molar refractivity (Wildman–Crippen MR) is 210 cm³/mol. The first kappa shape index (κ1) is 39.2. The molecule has 2 aliphatic rings. The molecule has 1 amide bonds. The van der Waals surface area contributed by atoms with Crippen molar-refractivity contribution in [2.75, 3.05) is 62.3 Å². The minimum atomic E-state index is -1.17. The summed E-state index contributed by atoms with van der Waals surface area (Å²) in [5, 5.41) is 1.49. The molecule has 4 aromatic rings. The second kappa shape index (κ2) is 17.3. The molecule has 0 N–H and O–H groups in total. The Morgan fingerprint density at radius 2 is 1.24 bits per heavy atom. The van der Waals surface area contributed by atoms with Gasteiger partial charge >= 0.3 is 11.9 Å². The van der Waals surface area contributed by atoms with Crippen LogP contribution >= 0.6 is 0 Å². The Hall–Kier alpha value is -5.46. The lowest BCUT2D eigenvalue weighted by atomic mass is 9.75. The molecule has 0 saturated heterocycles. The first-order valence-electron chi connectivity index (χ1n) is 19.2. The number of anilines is 2. The summed E-state index contributed by atoms with van der Waals surface area (Å²) in [6.07, 6.45) is 0. The smallest absolute Gasteiger partial charge is 0.320 e. The van der Waals surface area contributed by atoms with Gasteiger partial charge in [-0.2, -0.15) is 5.06 Å². The Balaban J connectivity index is 1.40. The van der Waals surface area contributed by atoms with Crippen molar-refractivity contribution in [3.63, 3.8) is 0 Å². The van der Waals surface area contributed by atoms with Gasteiger partial charge in [-0.15, -0.1) is 0 Å². The second-order valence-corrected chi connectivity index (χ2v) is 13.3. The van der Waals surface area contributed by atoms with Gasteiger partial charge in [-0.3, -0.25) is 29.1 Å². The van der Waals surface area contributed by atoms with Gasteiger partial charge in [0.1, 0.15) is 18.1 Å². The van der Waals surface area contributed by atoms with Crippen molar-refractivity contribution >= 4 is 29.2 Å². The molecule has 0 bridgehead atoms. The van der Waals surface area contributed by atoms with Crippen LogP contribution in [0.1, 0.15) is 80.0 Å². The number of hydrogen-bond donors (Lipinski definition) is 0. The van der Waals surface area contributed by atoms with E-state index in [0.717, 1.165) is 54.2 Å². The molecule has 0 atom stereocenters. The molecule has 0 unspecified atom stereocenters. The fraction of sp³-hybridized carbons (Fsp3) is 0.395. The molecule has 1 spiro atoms. The number of ether oxygens (including phenoxy) is 3. The molecule has 290 valence electrons. The summed E-state index contributed by atoms with van der Waals surface area (Å²) in [6.45, 7) is 15.7. The van der Waals surface area contributed by atoms with Crippen LogP contribution in [0, 0.1) is 0 Å². The Labute approximate surface area is 323 Å². The number of hydrogen-bond acceptors (Lipinski definition) is 11. The van der Waals surface area contributed by atoms with E-state index in [1.807, 2.05) is 42.5 Å². The van der Waals surface area contributed by atoms with E-state index in [0.29, 0.717) is 28.5 Å². The van der Waals surface area contributed by atoms with Crippen LogP contribution in [0.15, 0.2) is 78.9 Å². The first-order chi connectivity index (χ1) is 26.7. The number of carbonyl (C=O) groups excluding carboxylic acids is 3. The van der Waals surface area contributed by atoms with E-state index in [1.165, 1.54) is 5.06 Å². The van der Waals surface area contributed by atoms with E-state index in [-0.39, 0.29) is 45.4 Å². The van der Waals surface area contributed by atoms with Crippen molar-refractivity contribution in [3.05, 3.63) is 113 Å². The topological polar surface area (TPSA) is 114 Å². The van der Waals surface area contributed by atoms with Crippen molar-refractivity contribution < 1.29 is 33.4 Å². The lowest BCUT2D eigenvalue weighted by molar-refractivity contribution is -0.171. The van der Waals surface area contributed by atoms with E-state index in [2.05, 4.69) is 73.9 Å². The number of aromatic nitrogens is 1. The van der Waals surface area contributed by atoms with Crippen LogP contribution in [0.5, 0.6) is 11.5 Å². The number of carbonyl (C=O) groups is 3. The third-order valence-electron chi connectivity index (χ3n) is 10.1. The number of rotatable bonds is 17. The molecule has 0 radical (unpaired) electrons. The molecule has 2 aliphatic heterocycles.